The Balaban J connectivity index is 1.89. The quantitative estimate of drug-likeness (QED) is 0.709. The van der Waals surface area contributed by atoms with Crippen LogP contribution in [0.2, 0.25) is 0 Å². The molecule has 0 aliphatic rings. The fraction of sp³-hybridized carbons (Fsp3) is 0.286. The van der Waals surface area contributed by atoms with Crippen molar-refractivity contribution < 1.29 is 24.2 Å². The van der Waals surface area contributed by atoms with Gasteiger partial charge < -0.3 is 20.5 Å². The molecule has 2 aromatic rings. The molecule has 2 aromatic carbocycles. The first-order valence-electron chi connectivity index (χ1n) is 8.80. The summed E-state index contributed by atoms with van der Waals surface area (Å²) in [5.41, 5.74) is 2.28. The third-order valence-electron chi connectivity index (χ3n) is 3.67. The van der Waals surface area contributed by atoms with Crippen LogP contribution in [0.1, 0.15) is 36.7 Å². The Morgan fingerprint density at radius 3 is 2.25 bits per heavy atom. The zero-order valence-corrected chi connectivity index (χ0v) is 16.1. The van der Waals surface area contributed by atoms with Crippen molar-refractivity contribution in [3.8, 4) is 11.1 Å². The lowest BCUT2D eigenvalue weighted by molar-refractivity contribution is -0.120. The minimum Gasteiger partial charge on any atom is -0.478 e. The van der Waals surface area contributed by atoms with Gasteiger partial charge in [0.25, 0.3) is 0 Å². The zero-order valence-electron chi connectivity index (χ0n) is 16.1. The average Bonchev–Trinajstić information content (AvgIpc) is 2.63. The lowest BCUT2D eigenvalue weighted by Crippen LogP contribution is -2.39. The number of aromatic carboxylic acids is 1. The molecule has 0 heterocycles. The summed E-state index contributed by atoms with van der Waals surface area (Å²) in [5, 5.41) is 14.1. The number of carbonyl (C=O) groups excluding carboxylic acids is 2. The summed E-state index contributed by atoms with van der Waals surface area (Å²) < 4.78 is 5.07. The van der Waals surface area contributed by atoms with Gasteiger partial charge in [0.15, 0.2) is 0 Å². The molecule has 2 rings (SSSR count). The van der Waals surface area contributed by atoms with Crippen molar-refractivity contribution in [1.29, 1.82) is 0 Å². The number of carboxylic acid groups (broad SMARTS) is 1. The molecule has 7 heteroatoms. The first-order chi connectivity index (χ1) is 13.1. The van der Waals surface area contributed by atoms with E-state index in [0.29, 0.717) is 6.54 Å². The van der Waals surface area contributed by atoms with Crippen LogP contribution in [-0.2, 0) is 16.1 Å². The Bertz CT molecular complexity index is 854. The summed E-state index contributed by atoms with van der Waals surface area (Å²) in [5.74, 6) is -1.30. The van der Waals surface area contributed by atoms with Gasteiger partial charge in [-0.2, -0.15) is 0 Å². The maximum atomic E-state index is 11.9. The van der Waals surface area contributed by atoms with Gasteiger partial charge in [0, 0.05) is 6.54 Å². The summed E-state index contributed by atoms with van der Waals surface area (Å²) >= 11 is 0. The average molecular weight is 384 g/mol. The van der Waals surface area contributed by atoms with Gasteiger partial charge in [-0.3, -0.25) is 4.79 Å². The molecule has 0 aliphatic carbocycles. The Morgan fingerprint density at radius 1 is 0.964 bits per heavy atom. The van der Waals surface area contributed by atoms with E-state index in [4.69, 9.17) is 9.84 Å². The van der Waals surface area contributed by atoms with Crippen LogP contribution >= 0.6 is 0 Å². The highest BCUT2D eigenvalue weighted by Gasteiger charge is 2.16. The van der Waals surface area contributed by atoms with E-state index >= 15 is 0 Å². The van der Waals surface area contributed by atoms with E-state index in [1.165, 1.54) is 0 Å². The van der Waals surface area contributed by atoms with Gasteiger partial charge in [-0.1, -0.05) is 30.3 Å². The SMILES string of the molecule is CC(C)(C)OC(=O)NCC(=O)NCc1cccc(-c2ccc(C(=O)O)cc2)c1. The van der Waals surface area contributed by atoms with Crippen molar-refractivity contribution in [1.82, 2.24) is 10.6 Å². The monoisotopic (exact) mass is 384 g/mol. The van der Waals surface area contributed by atoms with Gasteiger partial charge in [-0.05, 0) is 55.7 Å². The molecule has 0 saturated carbocycles. The highest BCUT2D eigenvalue weighted by atomic mass is 16.6. The molecule has 0 atom stereocenters. The van der Waals surface area contributed by atoms with Crippen molar-refractivity contribution in [2.24, 2.45) is 0 Å². The minimum atomic E-state index is -0.969. The van der Waals surface area contributed by atoms with Crippen LogP contribution in [0.3, 0.4) is 0 Å². The van der Waals surface area contributed by atoms with Crippen LogP contribution in [0.5, 0.6) is 0 Å². The van der Waals surface area contributed by atoms with E-state index in [0.717, 1.165) is 16.7 Å². The van der Waals surface area contributed by atoms with Gasteiger partial charge in [-0.15, -0.1) is 0 Å². The maximum Gasteiger partial charge on any atom is 0.408 e. The van der Waals surface area contributed by atoms with E-state index in [-0.39, 0.29) is 18.0 Å². The number of rotatable bonds is 6. The van der Waals surface area contributed by atoms with Crippen LogP contribution in [0.4, 0.5) is 4.79 Å². The molecule has 0 aliphatic heterocycles. The topological polar surface area (TPSA) is 105 Å². The molecular formula is C21H24N2O5. The molecule has 0 saturated heterocycles. The number of carbonyl (C=O) groups is 3. The first kappa shape index (κ1) is 21.0. The van der Waals surface area contributed by atoms with Crippen LogP contribution in [0, 0.1) is 0 Å². The molecule has 2 amide bonds. The van der Waals surface area contributed by atoms with E-state index in [1.807, 2.05) is 24.3 Å². The predicted octanol–water partition coefficient (Wildman–Crippen LogP) is 3.19. The number of amides is 2. The zero-order chi connectivity index (χ0) is 20.7. The molecule has 0 unspecified atom stereocenters. The van der Waals surface area contributed by atoms with Gasteiger partial charge in [0.2, 0.25) is 5.91 Å². The molecule has 7 nitrogen and oxygen atoms in total. The molecule has 0 aromatic heterocycles. The molecule has 0 spiro atoms. The summed E-state index contributed by atoms with van der Waals surface area (Å²) in [4.78, 5) is 34.4. The summed E-state index contributed by atoms with van der Waals surface area (Å²) in [6.07, 6.45) is -0.644. The number of ether oxygens (including phenoxy) is 1. The number of nitrogens with one attached hydrogen (secondary N) is 2. The van der Waals surface area contributed by atoms with E-state index in [1.54, 1.807) is 45.0 Å². The Kier molecular flexibility index (Phi) is 6.76. The summed E-state index contributed by atoms with van der Waals surface area (Å²) in [6.45, 7) is 5.36. The van der Waals surface area contributed by atoms with Crippen molar-refractivity contribution in [3.63, 3.8) is 0 Å². The normalized spacial score (nSPS) is 10.8. The third kappa shape index (κ3) is 6.75. The molecule has 0 radical (unpaired) electrons. The molecule has 0 bridgehead atoms. The van der Waals surface area contributed by atoms with Gasteiger partial charge in [-0.25, -0.2) is 9.59 Å². The summed E-state index contributed by atoms with van der Waals surface area (Å²) in [7, 11) is 0. The summed E-state index contributed by atoms with van der Waals surface area (Å²) in [6, 6.07) is 14.1. The number of benzene rings is 2. The first-order valence-corrected chi connectivity index (χ1v) is 8.80. The Morgan fingerprint density at radius 2 is 1.64 bits per heavy atom. The molecule has 3 N–H and O–H groups in total. The van der Waals surface area contributed by atoms with Crippen LogP contribution in [0.25, 0.3) is 11.1 Å². The lowest BCUT2D eigenvalue weighted by Gasteiger charge is -2.19. The standard InChI is InChI=1S/C21H24N2O5/c1-21(2,3)28-20(27)23-13-18(24)22-12-14-5-4-6-17(11-14)15-7-9-16(10-8-15)19(25)26/h4-11H,12-13H2,1-3H3,(H,22,24)(H,23,27)(H,25,26). The number of carboxylic acids is 1. The maximum absolute atomic E-state index is 11.9. The molecule has 0 fully saturated rings. The fourth-order valence-electron chi connectivity index (χ4n) is 2.40. The van der Waals surface area contributed by atoms with Crippen molar-refractivity contribution >= 4 is 18.0 Å². The van der Waals surface area contributed by atoms with E-state index in [2.05, 4.69) is 10.6 Å². The largest absolute Gasteiger partial charge is 0.478 e. The van der Waals surface area contributed by atoms with Crippen molar-refractivity contribution in [2.45, 2.75) is 32.9 Å². The van der Waals surface area contributed by atoms with Gasteiger partial charge >= 0.3 is 12.1 Å². The highest BCUT2D eigenvalue weighted by Crippen LogP contribution is 2.21. The van der Waals surface area contributed by atoms with Crippen LogP contribution in [-0.4, -0.2) is 35.2 Å². The van der Waals surface area contributed by atoms with Crippen LogP contribution in [0.15, 0.2) is 48.5 Å². The molecule has 148 valence electrons. The Labute approximate surface area is 163 Å². The second-order valence-electron chi connectivity index (χ2n) is 7.22. The Hall–Kier alpha value is -3.35. The minimum absolute atomic E-state index is 0.175. The van der Waals surface area contributed by atoms with Crippen LogP contribution < -0.4 is 10.6 Å². The number of alkyl carbamates (subject to hydrolysis) is 1. The third-order valence-corrected chi connectivity index (χ3v) is 3.67. The van der Waals surface area contributed by atoms with E-state index < -0.39 is 17.7 Å². The van der Waals surface area contributed by atoms with Crippen molar-refractivity contribution in [2.75, 3.05) is 6.54 Å². The van der Waals surface area contributed by atoms with Gasteiger partial charge in [0.1, 0.15) is 12.1 Å². The predicted molar refractivity (Wildman–Crippen MR) is 105 cm³/mol. The molecule has 28 heavy (non-hydrogen) atoms. The second kappa shape index (κ2) is 9.03. The molecular weight excluding hydrogens is 360 g/mol. The number of hydrogen-bond acceptors (Lipinski definition) is 4. The second-order valence-corrected chi connectivity index (χ2v) is 7.22. The smallest absolute Gasteiger partial charge is 0.408 e. The fourth-order valence-corrected chi connectivity index (χ4v) is 2.40. The van der Waals surface area contributed by atoms with Gasteiger partial charge in [0.05, 0.1) is 5.56 Å². The highest BCUT2D eigenvalue weighted by molar-refractivity contribution is 5.88. The van der Waals surface area contributed by atoms with E-state index in [9.17, 15) is 14.4 Å². The van der Waals surface area contributed by atoms with Crippen molar-refractivity contribution in [3.05, 3.63) is 59.7 Å². The number of hydrogen-bond donors (Lipinski definition) is 3. The lowest BCUT2D eigenvalue weighted by atomic mass is 10.0.